The molecule has 0 aromatic heterocycles. The molecule has 1 N–H and O–H groups in total. The van der Waals surface area contributed by atoms with Gasteiger partial charge in [0.2, 0.25) is 0 Å². The highest BCUT2D eigenvalue weighted by molar-refractivity contribution is 5.52. The van der Waals surface area contributed by atoms with Gasteiger partial charge < -0.3 is 9.90 Å². The summed E-state index contributed by atoms with van der Waals surface area (Å²) in [4.78, 5) is 10.9. The Morgan fingerprint density at radius 2 is 1.79 bits per heavy atom. The number of hydrogen-bond donors (Lipinski definition) is 1. The standard InChI is InChI=1S/C27H44O2/c1-18(17-28)6-5-7-19(2)23-10-11-24-22-9-8-20-16-21(29)12-14-26(20,3)25(22)13-15-27(23,24)4/h9,17-21,23-25,29H,5-8,10-16H2,1-4H3/t18?,19?,20-,21?,23+,24?,25?,26-,27+/m0/s1. The zero-order chi connectivity index (χ0) is 20.8. The summed E-state index contributed by atoms with van der Waals surface area (Å²) in [5, 5.41) is 10.2. The van der Waals surface area contributed by atoms with Crippen LogP contribution in [0.15, 0.2) is 11.6 Å². The second kappa shape index (κ2) is 8.13. The van der Waals surface area contributed by atoms with Gasteiger partial charge in [-0.15, -0.1) is 0 Å². The largest absolute Gasteiger partial charge is 0.393 e. The van der Waals surface area contributed by atoms with Crippen molar-refractivity contribution in [3.05, 3.63) is 11.6 Å². The third-order valence-corrected chi connectivity index (χ3v) is 10.4. The molecule has 0 spiro atoms. The zero-order valence-corrected chi connectivity index (χ0v) is 19.3. The lowest BCUT2D eigenvalue weighted by atomic mass is 9.47. The Labute approximate surface area is 178 Å². The first-order chi connectivity index (χ1) is 13.8. The first-order valence-corrected chi connectivity index (χ1v) is 12.6. The smallest absolute Gasteiger partial charge is 0.122 e. The van der Waals surface area contributed by atoms with Crippen molar-refractivity contribution < 1.29 is 9.90 Å². The van der Waals surface area contributed by atoms with Gasteiger partial charge in [-0.2, -0.15) is 0 Å². The Morgan fingerprint density at radius 3 is 2.55 bits per heavy atom. The van der Waals surface area contributed by atoms with Gasteiger partial charge >= 0.3 is 0 Å². The molecule has 0 bridgehead atoms. The molecule has 9 atom stereocenters. The summed E-state index contributed by atoms with van der Waals surface area (Å²) in [7, 11) is 0. The van der Waals surface area contributed by atoms with Crippen LogP contribution in [0.3, 0.4) is 0 Å². The number of rotatable bonds is 6. The number of allylic oxidation sites excluding steroid dienone is 2. The lowest BCUT2D eigenvalue weighted by Gasteiger charge is -2.57. The van der Waals surface area contributed by atoms with Crippen LogP contribution in [0.25, 0.3) is 0 Å². The van der Waals surface area contributed by atoms with Crippen molar-refractivity contribution in [1.82, 2.24) is 0 Å². The molecule has 29 heavy (non-hydrogen) atoms. The van der Waals surface area contributed by atoms with E-state index in [-0.39, 0.29) is 12.0 Å². The Balaban J connectivity index is 1.47. The number of fused-ring (bicyclic) bond motifs is 5. The Hall–Kier alpha value is -0.630. The van der Waals surface area contributed by atoms with Crippen molar-refractivity contribution in [2.45, 2.75) is 104 Å². The quantitative estimate of drug-likeness (QED) is 0.404. The van der Waals surface area contributed by atoms with Crippen LogP contribution >= 0.6 is 0 Å². The van der Waals surface area contributed by atoms with Gasteiger partial charge in [0.1, 0.15) is 6.29 Å². The fourth-order valence-electron chi connectivity index (χ4n) is 8.50. The van der Waals surface area contributed by atoms with Crippen molar-refractivity contribution in [1.29, 1.82) is 0 Å². The minimum atomic E-state index is -0.0597. The van der Waals surface area contributed by atoms with Crippen LogP contribution in [0.4, 0.5) is 0 Å². The van der Waals surface area contributed by atoms with E-state index in [9.17, 15) is 9.90 Å². The molecule has 4 aliphatic rings. The topological polar surface area (TPSA) is 37.3 Å². The van der Waals surface area contributed by atoms with Crippen molar-refractivity contribution in [3.63, 3.8) is 0 Å². The number of aldehydes is 1. The van der Waals surface area contributed by atoms with Gasteiger partial charge in [-0.25, -0.2) is 0 Å². The van der Waals surface area contributed by atoms with Gasteiger partial charge in [-0.3, -0.25) is 0 Å². The molecule has 4 aliphatic carbocycles. The van der Waals surface area contributed by atoms with Crippen LogP contribution < -0.4 is 0 Å². The van der Waals surface area contributed by atoms with Crippen molar-refractivity contribution in [2.75, 3.05) is 0 Å². The molecule has 3 fully saturated rings. The monoisotopic (exact) mass is 400 g/mol. The maximum atomic E-state index is 10.9. The average molecular weight is 401 g/mol. The molecule has 5 unspecified atom stereocenters. The minimum Gasteiger partial charge on any atom is -0.393 e. The van der Waals surface area contributed by atoms with Crippen molar-refractivity contribution >= 4 is 6.29 Å². The number of carbonyl (C=O) groups is 1. The van der Waals surface area contributed by atoms with Gasteiger partial charge in [0.05, 0.1) is 6.10 Å². The van der Waals surface area contributed by atoms with Crippen LogP contribution in [0, 0.1) is 46.3 Å². The maximum Gasteiger partial charge on any atom is 0.122 e. The first kappa shape index (κ1) is 21.6. The lowest BCUT2D eigenvalue weighted by molar-refractivity contribution is -0.110. The van der Waals surface area contributed by atoms with E-state index in [1.807, 2.05) is 5.57 Å². The van der Waals surface area contributed by atoms with E-state index >= 15 is 0 Å². The Morgan fingerprint density at radius 1 is 1.07 bits per heavy atom. The molecule has 0 aliphatic heterocycles. The van der Waals surface area contributed by atoms with Gasteiger partial charge in [-0.1, -0.05) is 52.2 Å². The van der Waals surface area contributed by atoms with Crippen LogP contribution in [-0.2, 0) is 4.79 Å². The molecular weight excluding hydrogens is 356 g/mol. The van der Waals surface area contributed by atoms with E-state index in [0.29, 0.717) is 16.7 Å². The second-order valence-electron chi connectivity index (χ2n) is 11.9. The predicted molar refractivity (Wildman–Crippen MR) is 119 cm³/mol. The zero-order valence-electron chi connectivity index (χ0n) is 19.3. The summed E-state index contributed by atoms with van der Waals surface area (Å²) in [6.45, 7) is 9.73. The van der Waals surface area contributed by atoms with E-state index in [0.717, 1.165) is 49.2 Å². The Kier molecular flexibility index (Phi) is 6.06. The molecule has 2 nitrogen and oxygen atoms in total. The number of aliphatic hydroxyl groups excluding tert-OH is 1. The molecule has 0 aromatic carbocycles. The molecular formula is C27H44O2. The molecule has 3 saturated carbocycles. The normalized spacial score (nSPS) is 46.1. The van der Waals surface area contributed by atoms with E-state index < -0.39 is 0 Å². The second-order valence-corrected chi connectivity index (χ2v) is 11.9. The van der Waals surface area contributed by atoms with Gasteiger partial charge in [-0.05, 0) is 98.2 Å². The molecule has 4 rings (SSSR count). The van der Waals surface area contributed by atoms with E-state index in [2.05, 4.69) is 33.8 Å². The fraction of sp³-hybridized carbons (Fsp3) is 0.889. The Bertz CT molecular complexity index is 638. The third kappa shape index (κ3) is 3.66. The number of carbonyl (C=O) groups excluding carboxylic acids is 1. The lowest BCUT2D eigenvalue weighted by Crippen LogP contribution is -2.49. The average Bonchev–Trinajstić information content (AvgIpc) is 3.05. The van der Waals surface area contributed by atoms with Crippen LogP contribution in [0.5, 0.6) is 0 Å². The summed E-state index contributed by atoms with van der Waals surface area (Å²) in [5.74, 6) is 4.11. The molecule has 2 heteroatoms. The van der Waals surface area contributed by atoms with Crippen molar-refractivity contribution in [3.8, 4) is 0 Å². The summed E-state index contributed by atoms with van der Waals surface area (Å²) < 4.78 is 0. The molecule has 0 aromatic rings. The van der Waals surface area contributed by atoms with Gasteiger partial charge in [0.15, 0.2) is 0 Å². The molecule has 0 radical (unpaired) electrons. The minimum absolute atomic E-state index is 0.0597. The highest BCUT2D eigenvalue weighted by atomic mass is 16.3. The fourth-order valence-corrected chi connectivity index (χ4v) is 8.50. The number of hydrogen-bond acceptors (Lipinski definition) is 2. The molecule has 0 amide bonds. The first-order valence-electron chi connectivity index (χ1n) is 12.6. The highest BCUT2D eigenvalue weighted by Gasteiger charge is 2.58. The van der Waals surface area contributed by atoms with Crippen LogP contribution in [0.1, 0.15) is 98.3 Å². The summed E-state index contributed by atoms with van der Waals surface area (Å²) in [6.07, 6.45) is 17.3. The van der Waals surface area contributed by atoms with Crippen LogP contribution in [0.2, 0.25) is 0 Å². The SMILES string of the molecule is CC(C=O)CCCC(C)[C@H]1CCC2C3=CC[C@H]4CC(O)CC[C@]4(C)C3CC[C@@]21C. The molecule has 164 valence electrons. The van der Waals surface area contributed by atoms with Gasteiger partial charge in [0.25, 0.3) is 0 Å². The van der Waals surface area contributed by atoms with Crippen molar-refractivity contribution in [2.24, 2.45) is 46.3 Å². The summed E-state index contributed by atoms with van der Waals surface area (Å²) in [6, 6.07) is 0. The van der Waals surface area contributed by atoms with Gasteiger partial charge in [0, 0.05) is 5.92 Å². The highest BCUT2D eigenvalue weighted by Crippen LogP contribution is 2.66. The van der Waals surface area contributed by atoms with E-state index in [4.69, 9.17) is 0 Å². The third-order valence-electron chi connectivity index (χ3n) is 10.4. The summed E-state index contributed by atoms with van der Waals surface area (Å²) >= 11 is 0. The molecule has 0 saturated heterocycles. The number of aliphatic hydroxyl groups is 1. The maximum absolute atomic E-state index is 10.9. The van der Waals surface area contributed by atoms with E-state index in [1.54, 1.807) is 0 Å². The van der Waals surface area contributed by atoms with E-state index in [1.165, 1.54) is 51.4 Å². The predicted octanol–water partition coefficient (Wildman–Crippen LogP) is 6.57. The molecule has 0 heterocycles. The summed E-state index contributed by atoms with van der Waals surface area (Å²) in [5.41, 5.74) is 2.74. The van der Waals surface area contributed by atoms with Crippen LogP contribution in [-0.4, -0.2) is 17.5 Å².